The zero-order valence-electron chi connectivity index (χ0n) is 12.1. The highest BCUT2D eigenvalue weighted by molar-refractivity contribution is 14.0. The van der Waals surface area contributed by atoms with Crippen molar-refractivity contribution in [1.29, 1.82) is 0 Å². The molecule has 0 amide bonds. The summed E-state index contributed by atoms with van der Waals surface area (Å²) in [7, 11) is 1.90. The van der Waals surface area contributed by atoms with E-state index in [1.165, 1.54) is 43.6 Å². The van der Waals surface area contributed by atoms with Crippen LogP contribution in [0.2, 0.25) is 0 Å². The number of hydrogen-bond acceptors (Lipinski definition) is 2. The summed E-state index contributed by atoms with van der Waals surface area (Å²) in [4.78, 5) is 8.34. The highest BCUT2D eigenvalue weighted by atomic mass is 127. The standard InChI is InChI=1S/C15H23N3S.HI/c1-16-14(17-9-5-13-4-2-11-19-13)18-10-8-15(12-18)6-3-7-15;/h2,4,11H,3,5-10,12H2,1H3,(H,16,17);1H. The fourth-order valence-corrected chi connectivity index (χ4v) is 3.99. The highest BCUT2D eigenvalue weighted by Crippen LogP contribution is 2.47. The SMILES string of the molecule is CN=C(NCCc1cccs1)N1CCC2(CCC2)C1.I. The van der Waals surface area contributed by atoms with Crippen LogP contribution >= 0.6 is 35.3 Å². The summed E-state index contributed by atoms with van der Waals surface area (Å²) >= 11 is 1.83. The lowest BCUT2D eigenvalue weighted by atomic mass is 9.68. The molecule has 0 radical (unpaired) electrons. The number of hydrogen-bond donors (Lipinski definition) is 1. The number of likely N-dealkylation sites (tertiary alicyclic amines) is 1. The second-order valence-corrected chi connectivity index (χ2v) is 6.86. The molecule has 1 aromatic rings. The Morgan fingerprint density at radius 1 is 1.45 bits per heavy atom. The molecule has 20 heavy (non-hydrogen) atoms. The second-order valence-electron chi connectivity index (χ2n) is 5.83. The number of aliphatic imine (C=N–C) groups is 1. The summed E-state index contributed by atoms with van der Waals surface area (Å²) in [6, 6.07) is 4.32. The van der Waals surface area contributed by atoms with Crippen molar-refractivity contribution in [2.45, 2.75) is 32.1 Å². The van der Waals surface area contributed by atoms with Gasteiger partial charge in [0.1, 0.15) is 0 Å². The smallest absolute Gasteiger partial charge is 0.193 e. The quantitative estimate of drug-likeness (QED) is 0.475. The van der Waals surface area contributed by atoms with Gasteiger partial charge in [0.25, 0.3) is 0 Å². The summed E-state index contributed by atoms with van der Waals surface area (Å²) in [6.07, 6.45) is 6.73. The van der Waals surface area contributed by atoms with Crippen LogP contribution in [0, 0.1) is 5.41 Å². The van der Waals surface area contributed by atoms with Crippen molar-refractivity contribution in [3.05, 3.63) is 22.4 Å². The van der Waals surface area contributed by atoms with Crippen molar-refractivity contribution in [3.63, 3.8) is 0 Å². The molecule has 1 N–H and O–H groups in total. The van der Waals surface area contributed by atoms with Crippen molar-refractivity contribution < 1.29 is 0 Å². The maximum atomic E-state index is 4.45. The molecule has 5 heteroatoms. The van der Waals surface area contributed by atoms with E-state index in [4.69, 9.17) is 0 Å². The molecule has 3 rings (SSSR count). The van der Waals surface area contributed by atoms with Crippen LogP contribution in [0.15, 0.2) is 22.5 Å². The molecular weight excluding hydrogens is 381 g/mol. The number of halogens is 1. The Morgan fingerprint density at radius 3 is 2.85 bits per heavy atom. The normalized spacial score (nSPS) is 20.6. The van der Waals surface area contributed by atoms with Gasteiger partial charge in [-0.2, -0.15) is 0 Å². The van der Waals surface area contributed by atoms with E-state index in [2.05, 4.69) is 32.7 Å². The first-order valence-corrected chi connectivity index (χ1v) is 8.17. The molecule has 0 unspecified atom stereocenters. The third kappa shape index (κ3) is 3.47. The van der Waals surface area contributed by atoms with Crippen LogP contribution < -0.4 is 5.32 Å². The van der Waals surface area contributed by atoms with E-state index in [0.29, 0.717) is 5.41 Å². The van der Waals surface area contributed by atoms with E-state index in [1.807, 2.05) is 18.4 Å². The second kappa shape index (κ2) is 7.11. The minimum atomic E-state index is 0. The molecule has 1 aliphatic heterocycles. The Balaban J connectivity index is 0.00000147. The number of thiophene rings is 1. The zero-order chi connectivity index (χ0) is 13.1. The molecule has 3 nitrogen and oxygen atoms in total. The highest BCUT2D eigenvalue weighted by Gasteiger charge is 2.43. The van der Waals surface area contributed by atoms with Crippen molar-refractivity contribution >= 4 is 41.3 Å². The largest absolute Gasteiger partial charge is 0.356 e. The average Bonchev–Trinajstić information content (AvgIpc) is 3.03. The first-order valence-electron chi connectivity index (χ1n) is 7.29. The summed E-state index contributed by atoms with van der Waals surface area (Å²) in [6.45, 7) is 3.38. The van der Waals surface area contributed by atoms with E-state index in [-0.39, 0.29) is 24.0 Å². The Morgan fingerprint density at radius 2 is 2.30 bits per heavy atom. The topological polar surface area (TPSA) is 27.6 Å². The minimum Gasteiger partial charge on any atom is -0.356 e. The number of guanidine groups is 1. The first kappa shape index (κ1) is 16.1. The van der Waals surface area contributed by atoms with Crippen LogP contribution in [-0.4, -0.2) is 37.5 Å². The van der Waals surface area contributed by atoms with E-state index < -0.39 is 0 Å². The number of rotatable bonds is 3. The van der Waals surface area contributed by atoms with Gasteiger partial charge in [0, 0.05) is 31.6 Å². The summed E-state index contributed by atoms with van der Waals surface area (Å²) < 4.78 is 0. The minimum absolute atomic E-state index is 0. The van der Waals surface area contributed by atoms with E-state index in [1.54, 1.807) is 0 Å². The van der Waals surface area contributed by atoms with Crippen LogP contribution in [0.1, 0.15) is 30.6 Å². The van der Waals surface area contributed by atoms with Gasteiger partial charge in [-0.1, -0.05) is 12.5 Å². The van der Waals surface area contributed by atoms with Crippen LogP contribution in [-0.2, 0) is 6.42 Å². The lowest BCUT2D eigenvalue weighted by Crippen LogP contribution is -2.43. The lowest BCUT2D eigenvalue weighted by Gasteiger charge is -2.38. The molecular formula is C15H24IN3S. The van der Waals surface area contributed by atoms with E-state index in [0.717, 1.165) is 18.9 Å². The van der Waals surface area contributed by atoms with E-state index >= 15 is 0 Å². The predicted octanol–water partition coefficient (Wildman–Crippen LogP) is 3.36. The molecule has 1 aliphatic carbocycles. The van der Waals surface area contributed by atoms with Gasteiger partial charge in [-0.25, -0.2) is 0 Å². The van der Waals surface area contributed by atoms with Crippen LogP contribution in [0.5, 0.6) is 0 Å². The van der Waals surface area contributed by atoms with Gasteiger partial charge in [0.05, 0.1) is 0 Å². The third-order valence-electron chi connectivity index (χ3n) is 4.60. The summed E-state index contributed by atoms with van der Waals surface area (Å²) in [5.74, 6) is 1.10. The molecule has 1 saturated heterocycles. The fourth-order valence-electron chi connectivity index (χ4n) is 3.29. The fraction of sp³-hybridized carbons (Fsp3) is 0.667. The van der Waals surface area contributed by atoms with Gasteiger partial charge in [0.15, 0.2) is 5.96 Å². The maximum absolute atomic E-state index is 4.45. The van der Waals surface area contributed by atoms with E-state index in [9.17, 15) is 0 Å². The Hall–Kier alpha value is -0.300. The zero-order valence-corrected chi connectivity index (χ0v) is 15.2. The Labute approximate surface area is 142 Å². The molecule has 2 heterocycles. The Kier molecular flexibility index (Phi) is 5.72. The van der Waals surface area contributed by atoms with Crippen molar-refractivity contribution in [1.82, 2.24) is 10.2 Å². The molecule has 112 valence electrons. The average molecular weight is 405 g/mol. The van der Waals surface area contributed by atoms with Crippen molar-refractivity contribution in [2.24, 2.45) is 10.4 Å². The van der Waals surface area contributed by atoms with Gasteiger partial charge in [-0.05, 0) is 42.5 Å². The Bertz CT molecular complexity index is 440. The number of nitrogens with one attached hydrogen (secondary N) is 1. The molecule has 1 spiro atoms. The number of nitrogens with zero attached hydrogens (tertiary/aromatic N) is 2. The lowest BCUT2D eigenvalue weighted by molar-refractivity contribution is 0.151. The van der Waals surface area contributed by atoms with Crippen molar-refractivity contribution in [2.75, 3.05) is 26.7 Å². The van der Waals surface area contributed by atoms with Crippen LogP contribution in [0.3, 0.4) is 0 Å². The van der Waals surface area contributed by atoms with Crippen molar-refractivity contribution in [3.8, 4) is 0 Å². The van der Waals surface area contributed by atoms with Crippen LogP contribution in [0.25, 0.3) is 0 Å². The van der Waals surface area contributed by atoms with Gasteiger partial charge >= 0.3 is 0 Å². The molecule has 2 fully saturated rings. The molecule has 1 aromatic heterocycles. The molecule has 0 atom stereocenters. The van der Waals surface area contributed by atoms with Gasteiger partial charge in [-0.15, -0.1) is 35.3 Å². The van der Waals surface area contributed by atoms with Crippen LogP contribution in [0.4, 0.5) is 0 Å². The monoisotopic (exact) mass is 405 g/mol. The molecule has 1 saturated carbocycles. The summed E-state index contributed by atoms with van der Waals surface area (Å²) in [5.41, 5.74) is 0.644. The van der Waals surface area contributed by atoms with Gasteiger partial charge < -0.3 is 10.2 Å². The molecule has 2 aliphatic rings. The maximum Gasteiger partial charge on any atom is 0.193 e. The van der Waals surface area contributed by atoms with Gasteiger partial charge in [-0.3, -0.25) is 4.99 Å². The van der Waals surface area contributed by atoms with Gasteiger partial charge in [0.2, 0.25) is 0 Å². The summed E-state index contributed by atoms with van der Waals surface area (Å²) in [5, 5.41) is 5.66. The third-order valence-corrected chi connectivity index (χ3v) is 5.53. The molecule has 0 aromatic carbocycles. The predicted molar refractivity (Wildman–Crippen MR) is 97.3 cm³/mol. The first-order chi connectivity index (χ1) is 9.31. The molecule has 0 bridgehead atoms.